The molecule has 1 aliphatic rings. The molecule has 11 heteroatoms. The largest absolute Gasteiger partial charge is 0.383 e. The molecule has 1 saturated heterocycles. The van der Waals surface area contributed by atoms with Crippen molar-refractivity contribution in [2.75, 3.05) is 26.9 Å². The quantitative estimate of drug-likeness (QED) is 0.512. The van der Waals surface area contributed by atoms with E-state index in [4.69, 9.17) is 15.2 Å². The SMILES string of the molecule is C=C.COCCn1c(C[C@H]2CCOC2)nc2cc(F)ccc21.NC(=O)c1cnc(C(F)F)cn1.[HH]. The average Bonchev–Trinajstić information content (AvgIpc) is 3.47. The molecule has 34 heavy (non-hydrogen) atoms. The van der Waals surface area contributed by atoms with E-state index in [2.05, 4.69) is 32.7 Å². The van der Waals surface area contributed by atoms with E-state index in [9.17, 15) is 18.0 Å². The molecule has 0 aliphatic carbocycles. The third-order valence-electron chi connectivity index (χ3n) is 4.95. The fraction of sp³-hybridized carbons (Fsp3) is 0.391. The van der Waals surface area contributed by atoms with Gasteiger partial charge in [0, 0.05) is 40.8 Å². The lowest BCUT2D eigenvalue weighted by Crippen LogP contribution is -2.13. The topological polar surface area (TPSA) is 105 Å². The van der Waals surface area contributed by atoms with Gasteiger partial charge in [-0.3, -0.25) is 9.78 Å². The highest BCUT2D eigenvalue weighted by Crippen LogP contribution is 2.23. The van der Waals surface area contributed by atoms with Crippen molar-refractivity contribution in [3.63, 3.8) is 0 Å². The molecule has 8 nitrogen and oxygen atoms in total. The van der Waals surface area contributed by atoms with Crippen molar-refractivity contribution in [2.24, 2.45) is 11.7 Å². The fourth-order valence-corrected chi connectivity index (χ4v) is 3.32. The summed E-state index contributed by atoms with van der Waals surface area (Å²) in [6, 6.07) is 4.77. The summed E-state index contributed by atoms with van der Waals surface area (Å²) in [7, 11) is 1.68. The number of primary amides is 1. The van der Waals surface area contributed by atoms with Gasteiger partial charge in [0.2, 0.25) is 0 Å². The Labute approximate surface area is 197 Å². The Morgan fingerprint density at radius 2 is 2.12 bits per heavy atom. The van der Waals surface area contributed by atoms with Crippen LogP contribution in [0.2, 0.25) is 0 Å². The van der Waals surface area contributed by atoms with Crippen LogP contribution in [-0.4, -0.2) is 52.4 Å². The number of aromatic nitrogens is 4. The number of methoxy groups -OCH3 is 1. The highest BCUT2D eigenvalue weighted by molar-refractivity contribution is 5.90. The van der Waals surface area contributed by atoms with Crippen molar-refractivity contribution in [3.05, 3.63) is 66.8 Å². The number of halogens is 3. The Hall–Kier alpha value is -3.31. The van der Waals surface area contributed by atoms with E-state index < -0.39 is 18.0 Å². The van der Waals surface area contributed by atoms with Crippen LogP contribution < -0.4 is 5.73 Å². The lowest BCUT2D eigenvalue weighted by molar-refractivity contribution is 0.0993. The second-order valence-electron chi connectivity index (χ2n) is 7.23. The maximum atomic E-state index is 13.3. The molecule has 1 atom stereocenters. The van der Waals surface area contributed by atoms with Crippen LogP contribution in [0.25, 0.3) is 11.0 Å². The van der Waals surface area contributed by atoms with E-state index in [1.807, 2.05) is 0 Å². The van der Waals surface area contributed by atoms with Crippen LogP contribution in [0.5, 0.6) is 0 Å². The molecule has 2 aromatic heterocycles. The molecule has 1 amide bonds. The number of hydrogen-bond donors (Lipinski definition) is 1. The number of nitrogens with two attached hydrogens (primary N) is 1. The minimum atomic E-state index is -2.68. The van der Waals surface area contributed by atoms with Crippen LogP contribution in [0.3, 0.4) is 0 Å². The Balaban J connectivity index is 0.000000353. The summed E-state index contributed by atoms with van der Waals surface area (Å²) < 4.78 is 49.8. The molecule has 0 radical (unpaired) electrons. The van der Waals surface area contributed by atoms with Crippen molar-refractivity contribution >= 4 is 16.9 Å². The lowest BCUT2D eigenvalue weighted by atomic mass is 10.1. The highest BCUT2D eigenvalue weighted by atomic mass is 19.3. The predicted molar refractivity (Wildman–Crippen MR) is 123 cm³/mol. The van der Waals surface area contributed by atoms with Gasteiger partial charge in [0.05, 0.1) is 30.0 Å². The number of ether oxygens (including phenoxy) is 2. The monoisotopic (exact) mass is 481 g/mol. The van der Waals surface area contributed by atoms with E-state index in [1.54, 1.807) is 13.2 Å². The molecule has 0 unspecified atom stereocenters. The van der Waals surface area contributed by atoms with E-state index in [-0.39, 0.29) is 12.9 Å². The summed E-state index contributed by atoms with van der Waals surface area (Å²) in [6.07, 6.45) is 1.01. The van der Waals surface area contributed by atoms with E-state index >= 15 is 0 Å². The zero-order valence-corrected chi connectivity index (χ0v) is 18.9. The van der Waals surface area contributed by atoms with Crippen LogP contribution in [0.1, 0.15) is 36.3 Å². The van der Waals surface area contributed by atoms with Crippen molar-refractivity contribution in [2.45, 2.75) is 25.8 Å². The second-order valence-corrected chi connectivity index (χ2v) is 7.23. The van der Waals surface area contributed by atoms with E-state index in [1.165, 1.54) is 12.1 Å². The number of fused-ring (bicyclic) bond motifs is 1. The van der Waals surface area contributed by atoms with Gasteiger partial charge in [-0.2, -0.15) is 0 Å². The third-order valence-corrected chi connectivity index (χ3v) is 4.95. The first kappa shape index (κ1) is 26.9. The number of amides is 1. The first-order valence-electron chi connectivity index (χ1n) is 10.5. The number of alkyl halides is 2. The number of nitrogens with zero attached hydrogens (tertiary/aromatic N) is 4. The number of imidazole rings is 1. The Bertz CT molecular complexity index is 1060. The molecule has 3 aromatic rings. The number of carbonyl (C=O) groups is 1. The van der Waals surface area contributed by atoms with Gasteiger partial charge in [-0.25, -0.2) is 23.1 Å². The van der Waals surface area contributed by atoms with Crippen LogP contribution in [-0.2, 0) is 22.4 Å². The summed E-state index contributed by atoms with van der Waals surface area (Å²) >= 11 is 0. The van der Waals surface area contributed by atoms with Gasteiger partial charge in [-0.1, -0.05) is 0 Å². The summed E-state index contributed by atoms with van der Waals surface area (Å²) in [4.78, 5) is 21.7. The Morgan fingerprint density at radius 3 is 2.68 bits per heavy atom. The Kier molecular flexibility index (Phi) is 10.6. The molecule has 186 valence electrons. The molecule has 4 rings (SSSR count). The van der Waals surface area contributed by atoms with Gasteiger partial charge in [-0.15, -0.1) is 13.2 Å². The molecule has 0 bridgehead atoms. The molecule has 1 fully saturated rings. The molecule has 1 aliphatic heterocycles. The zero-order valence-electron chi connectivity index (χ0n) is 18.9. The van der Waals surface area contributed by atoms with E-state index in [0.29, 0.717) is 12.5 Å². The summed E-state index contributed by atoms with van der Waals surface area (Å²) in [5.41, 5.74) is 5.90. The maximum absolute atomic E-state index is 13.3. The number of hydrogen-bond acceptors (Lipinski definition) is 6. The highest BCUT2D eigenvalue weighted by Gasteiger charge is 2.20. The van der Waals surface area contributed by atoms with E-state index in [0.717, 1.165) is 61.9 Å². The number of carbonyl (C=O) groups excluding carboxylic acids is 1. The minimum absolute atomic E-state index is 0. The first-order valence-corrected chi connectivity index (χ1v) is 10.5. The van der Waals surface area contributed by atoms with Crippen molar-refractivity contribution in [1.82, 2.24) is 19.5 Å². The second kappa shape index (κ2) is 13.4. The normalized spacial score (nSPS) is 14.9. The molecule has 0 spiro atoms. The maximum Gasteiger partial charge on any atom is 0.281 e. The number of rotatable bonds is 7. The standard InChI is InChI=1S/C15H19FN2O2.C6H5F2N3O.C2H4.H2/c1-19-7-5-18-14-3-2-12(16)9-13(14)17-15(18)8-11-4-6-20-10-11;7-5(8)3-1-11-4(2-10-3)6(9)12;1-2;/h2-3,9,11H,4-8,10H2,1H3;1-2,5H,(H2,9,12);1-2H2;1H/t11-;;;/m1.../s1. The minimum Gasteiger partial charge on any atom is -0.383 e. The summed E-state index contributed by atoms with van der Waals surface area (Å²) in [6.45, 7) is 8.98. The van der Waals surface area contributed by atoms with Gasteiger partial charge in [0.25, 0.3) is 12.3 Å². The van der Waals surface area contributed by atoms with Gasteiger partial charge >= 0.3 is 0 Å². The zero-order chi connectivity index (χ0) is 25.1. The predicted octanol–water partition coefficient (Wildman–Crippen LogP) is 3.96. The third kappa shape index (κ3) is 7.35. The van der Waals surface area contributed by atoms with Crippen LogP contribution in [0, 0.1) is 11.7 Å². The fourth-order valence-electron chi connectivity index (χ4n) is 3.32. The van der Waals surface area contributed by atoms with Crippen molar-refractivity contribution in [3.8, 4) is 0 Å². The van der Waals surface area contributed by atoms with Gasteiger partial charge in [-0.05, 0) is 24.5 Å². The number of benzene rings is 1. The smallest absolute Gasteiger partial charge is 0.281 e. The average molecular weight is 482 g/mol. The van der Waals surface area contributed by atoms with Gasteiger partial charge < -0.3 is 19.8 Å². The summed E-state index contributed by atoms with van der Waals surface area (Å²) in [5, 5.41) is 0. The first-order chi connectivity index (χ1) is 16.4. The molecule has 2 N–H and O–H groups in total. The van der Waals surface area contributed by atoms with Crippen molar-refractivity contribution < 1.29 is 28.9 Å². The molecule has 0 saturated carbocycles. The molecular formula is C23H30F3N5O3. The van der Waals surface area contributed by atoms with Gasteiger partial charge in [0.1, 0.15) is 23.0 Å². The molecule has 3 heterocycles. The lowest BCUT2D eigenvalue weighted by Gasteiger charge is -2.11. The van der Waals surface area contributed by atoms with Gasteiger partial charge in [0.15, 0.2) is 0 Å². The summed E-state index contributed by atoms with van der Waals surface area (Å²) in [5.74, 6) is 0.476. The molecule has 1 aromatic carbocycles. The van der Waals surface area contributed by atoms with Crippen molar-refractivity contribution in [1.29, 1.82) is 0 Å². The van der Waals surface area contributed by atoms with Crippen LogP contribution in [0.4, 0.5) is 13.2 Å². The Morgan fingerprint density at radius 1 is 1.35 bits per heavy atom. The van der Waals surface area contributed by atoms with Crippen LogP contribution >= 0.6 is 0 Å². The van der Waals surface area contributed by atoms with Crippen LogP contribution in [0.15, 0.2) is 43.8 Å². The molecular weight excluding hydrogens is 451 g/mol.